The molecule has 0 aromatic carbocycles. The van der Waals surface area contributed by atoms with Crippen LogP contribution < -0.4 is 0 Å². The fourth-order valence-corrected chi connectivity index (χ4v) is 11.1. The first-order chi connectivity index (χ1) is 13.6. The van der Waals surface area contributed by atoms with Crippen LogP contribution in [0.3, 0.4) is 0 Å². The third-order valence-electron chi connectivity index (χ3n) is 13.1. The van der Waals surface area contributed by atoms with Gasteiger partial charge >= 0.3 is 0 Å². The van der Waals surface area contributed by atoms with Crippen molar-refractivity contribution in [3.63, 3.8) is 0 Å². The third kappa shape index (κ3) is 2.44. The number of fused-ring (bicyclic) bond motifs is 7. The maximum atomic E-state index is 4.54. The van der Waals surface area contributed by atoms with E-state index in [1.807, 2.05) is 0 Å². The average molecular weight is 397 g/mol. The summed E-state index contributed by atoms with van der Waals surface area (Å²) >= 11 is 0. The third-order valence-corrected chi connectivity index (χ3v) is 13.1. The summed E-state index contributed by atoms with van der Waals surface area (Å²) in [7, 11) is 0. The summed E-state index contributed by atoms with van der Waals surface area (Å²) in [5.74, 6) is 7.76. The molecule has 0 aromatic heterocycles. The predicted octanol–water partition coefficient (Wildman–Crippen LogP) is 8.52. The summed E-state index contributed by atoms with van der Waals surface area (Å²) in [6.45, 7) is 20.4. The Morgan fingerprint density at radius 2 is 1.48 bits per heavy atom. The zero-order chi connectivity index (χ0) is 20.8. The molecule has 0 nitrogen and oxygen atoms in total. The lowest BCUT2D eigenvalue weighted by atomic mass is 9.34. The van der Waals surface area contributed by atoms with Crippen LogP contribution in [0.4, 0.5) is 0 Å². The van der Waals surface area contributed by atoms with Crippen LogP contribution in [0.2, 0.25) is 0 Å². The lowest BCUT2D eigenvalue weighted by Gasteiger charge is -2.70. The van der Waals surface area contributed by atoms with Gasteiger partial charge in [0.15, 0.2) is 0 Å². The highest BCUT2D eigenvalue weighted by molar-refractivity contribution is 5.23. The second kappa shape index (κ2) is 6.62. The molecule has 10 atom stereocenters. The molecule has 0 heteroatoms. The Morgan fingerprint density at radius 1 is 0.793 bits per heavy atom. The number of rotatable bonds is 1. The van der Waals surface area contributed by atoms with Gasteiger partial charge in [0, 0.05) is 0 Å². The zero-order valence-electron chi connectivity index (χ0n) is 20.4. The van der Waals surface area contributed by atoms with Gasteiger partial charge in [0.2, 0.25) is 0 Å². The first-order valence-corrected chi connectivity index (χ1v) is 13.3. The van der Waals surface area contributed by atoms with E-state index in [9.17, 15) is 0 Å². The summed E-state index contributed by atoms with van der Waals surface area (Å²) in [4.78, 5) is 0. The van der Waals surface area contributed by atoms with Crippen molar-refractivity contribution in [3.05, 3.63) is 12.2 Å². The fourth-order valence-electron chi connectivity index (χ4n) is 11.1. The Labute approximate surface area is 181 Å². The largest absolute Gasteiger partial charge is 0.0998 e. The van der Waals surface area contributed by atoms with Gasteiger partial charge in [-0.1, -0.05) is 66.0 Å². The first-order valence-electron chi connectivity index (χ1n) is 13.3. The van der Waals surface area contributed by atoms with Crippen molar-refractivity contribution in [2.24, 2.45) is 63.6 Å². The van der Waals surface area contributed by atoms with Gasteiger partial charge in [0.05, 0.1) is 0 Å². The minimum Gasteiger partial charge on any atom is -0.0998 e. The number of hydrogen-bond acceptors (Lipinski definition) is 0. The van der Waals surface area contributed by atoms with Crippen molar-refractivity contribution in [1.82, 2.24) is 0 Å². The van der Waals surface area contributed by atoms with Crippen molar-refractivity contribution in [2.45, 2.75) is 106 Å². The van der Waals surface area contributed by atoms with Crippen molar-refractivity contribution in [1.29, 1.82) is 0 Å². The Balaban J connectivity index is 1.57. The molecule has 0 aliphatic heterocycles. The van der Waals surface area contributed by atoms with E-state index < -0.39 is 0 Å². The molecule has 0 aromatic rings. The lowest BCUT2D eigenvalue weighted by Crippen LogP contribution is -2.65. The number of hydrogen-bond donors (Lipinski definition) is 0. The molecule has 29 heavy (non-hydrogen) atoms. The van der Waals surface area contributed by atoms with Crippen LogP contribution in [-0.2, 0) is 0 Å². The van der Waals surface area contributed by atoms with E-state index in [4.69, 9.17) is 0 Å². The Morgan fingerprint density at radius 3 is 2.21 bits per heavy atom. The molecule has 0 radical (unpaired) electrons. The molecule has 0 amide bonds. The van der Waals surface area contributed by atoms with Crippen LogP contribution in [0.15, 0.2) is 12.2 Å². The Bertz CT molecular complexity index is 672. The molecule has 5 rings (SSSR count). The van der Waals surface area contributed by atoms with Crippen LogP contribution in [0.5, 0.6) is 0 Å². The smallest absolute Gasteiger partial charge is 0.0146 e. The fraction of sp³-hybridized carbons (Fsp3) is 0.931. The standard InChI is InChI=1S/C29H48/c1-18(2)24-16-17-28(6)27(4,5)19(3)26-23-13-12-20-10-8-9-11-21(20)22(23)14-15-25(26)29(24,28)7/h19-26H,1,8-17H2,2-7H3. The minimum atomic E-state index is 0.429. The quantitative estimate of drug-likeness (QED) is 0.390. The van der Waals surface area contributed by atoms with Gasteiger partial charge in [0.25, 0.3) is 0 Å². The minimum absolute atomic E-state index is 0.429. The zero-order valence-corrected chi connectivity index (χ0v) is 20.4. The van der Waals surface area contributed by atoms with Gasteiger partial charge in [-0.25, -0.2) is 0 Å². The molecule has 5 aliphatic carbocycles. The Hall–Kier alpha value is -0.260. The van der Waals surface area contributed by atoms with Crippen molar-refractivity contribution in [2.75, 3.05) is 0 Å². The summed E-state index contributed by atoms with van der Waals surface area (Å²) in [6.07, 6.45) is 15.1. The molecular formula is C29H48. The van der Waals surface area contributed by atoms with Gasteiger partial charge in [0.1, 0.15) is 0 Å². The van der Waals surface area contributed by atoms with Gasteiger partial charge in [-0.05, 0) is 115 Å². The molecule has 0 bridgehead atoms. The van der Waals surface area contributed by atoms with Crippen molar-refractivity contribution in [3.8, 4) is 0 Å². The van der Waals surface area contributed by atoms with Crippen LogP contribution in [0, 0.1) is 63.6 Å². The average Bonchev–Trinajstić information content (AvgIpc) is 2.99. The molecule has 164 valence electrons. The SMILES string of the molecule is C=C(C)C1CCC2(C)C(C)(C)C(C)C3C4CCC5CCCCC5C4CCC3C12C. The van der Waals surface area contributed by atoms with E-state index in [0.29, 0.717) is 16.2 Å². The molecule has 5 saturated carbocycles. The van der Waals surface area contributed by atoms with Gasteiger partial charge in [-0.2, -0.15) is 0 Å². The monoisotopic (exact) mass is 396 g/mol. The normalized spacial score (nSPS) is 55.9. The molecular weight excluding hydrogens is 348 g/mol. The van der Waals surface area contributed by atoms with E-state index in [-0.39, 0.29) is 0 Å². The second-order valence-corrected chi connectivity index (χ2v) is 13.4. The first kappa shape index (κ1) is 20.6. The van der Waals surface area contributed by atoms with E-state index in [1.54, 1.807) is 32.1 Å². The van der Waals surface area contributed by atoms with Crippen molar-refractivity contribution < 1.29 is 0 Å². The highest BCUT2D eigenvalue weighted by atomic mass is 14.8. The highest BCUT2D eigenvalue weighted by Gasteiger charge is 2.71. The second-order valence-electron chi connectivity index (χ2n) is 13.4. The molecule has 0 N–H and O–H groups in total. The summed E-state index contributed by atoms with van der Waals surface area (Å²) in [6, 6.07) is 0. The number of allylic oxidation sites excluding steroid dienone is 1. The van der Waals surface area contributed by atoms with Gasteiger partial charge in [-0.3, -0.25) is 0 Å². The molecule has 5 fully saturated rings. The van der Waals surface area contributed by atoms with Crippen LogP contribution in [0.25, 0.3) is 0 Å². The molecule has 0 spiro atoms. The molecule has 5 aliphatic rings. The van der Waals surface area contributed by atoms with Crippen LogP contribution >= 0.6 is 0 Å². The highest BCUT2D eigenvalue weighted by Crippen LogP contribution is 2.78. The molecule has 10 unspecified atom stereocenters. The van der Waals surface area contributed by atoms with Crippen LogP contribution in [0.1, 0.15) is 106 Å². The van der Waals surface area contributed by atoms with E-state index in [2.05, 4.69) is 48.1 Å². The maximum Gasteiger partial charge on any atom is -0.0146 e. The Kier molecular flexibility index (Phi) is 4.71. The topological polar surface area (TPSA) is 0 Å². The summed E-state index contributed by atoms with van der Waals surface area (Å²) in [5, 5.41) is 0. The maximum absolute atomic E-state index is 4.54. The van der Waals surface area contributed by atoms with Crippen molar-refractivity contribution >= 4 is 0 Å². The van der Waals surface area contributed by atoms with Gasteiger partial charge < -0.3 is 0 Å². The molecule has 0 saturated heterocycles. The lowest BCUT2D eigenvalue weighted by molar-refractivity contribution is -0.221. The van der Waals surface area contributed by atoms with Crippen LogP contribution in [-0.4, -0.2) is 0 Å². The summed E-state index contributed by atoms with van der Waals surface area (Å²) < 4.78 is 0. The van der Waals surface area contributed by atoms with E-state index >= 15 is 0 Å². The van der Waals surface area contributed by atoms with E-state index in [0.717, 1.165) is 47.3 Å². The predicted molar refractivity (Wildman–Crippen MR) is 125 cm³/mol. The summed E-state index contributed by atoms with van der Waals surface area (Å²) in [5.41, 5.74) is 2.82. The van der Waals surface area contributed by atoms with Gasteiger partial charge in [-0.15, -0.1) is 0 Å². The van der Waals surface area contributed by atoms with E-state index in [1.165, 1.54) is 37.7 Å². The molecule has 0 heterocycles.